The Bertz CT molecular complexity index is 119. The molecule has 0 aromatic carbocycles. The highest BCUT2D eigenvalue weighted by molar-refractivity contribution is 5.30. The molecule has 0 aromatic heterocycles. The van der Waals surface area contributed by atoms with Crippen molar-refractivity contribution in [2.24, 2.45) is 10.7 Å². The van der Waals surface area contributed by atoms with Gasteiger partial charge in [0.15, 0.2) is 0 Å². The molecular weight excluding hydrogens is 124 g/mol. The molecule has 2 N–H and O–H groups in total. The lowest BCUT2D eigenvalue weighted by atomic mass is 10.4. The van der Waals surface area contributed by atoms with Crippen molar-refractivity contribution >= 4 is 6.72 Å². The molecule has 2 heteroatoms. The van der Waals surface area contributed by atoms with Crippen molar-refractivity contribution in [3.8, 4) is 0 Å². The van der Waals surface area contributed by atoms with Gasteiger partial charge in [0.25, 0.3) is 0 Å². The Morgan fingerprint density at radius 1 is 1.70 bits per heavy atom. The van der Waals surface area contributed by atoms with E-state index in [1.165, 1.54) is 0 Å². The molecule has 0 unspecified atom stereocenters. The van der Waals surface area contributed by atoms with Crippen LogP contribution in [0.4, 0.5) is 0 Å². The Hall–Kier alpha value is -0.890. The van der Waals surface area contributed by atoms with Crippen molar-refractivity contribution in [3.63, 3.8) is 0 Å². The van der Waals surface area contributed by atoms with Gasteiger partial charge in [0, 0.05) is 7.97 Å². The maximum Gasteiger partial charge on any atom is 0.0532 e. The van der Waals surface area contributed by atoms with E-state index in [9.17, 15) is 0 Å². The third kappa shape index (κ3) is 7.11. The SMILES string of the molecule is C=C/C=C(/CN)N=C.CC.[HH]. The molecule has 0 saturated heterocycles. The van der Waals surface area contributed by atoms with Crippen LogP contribution >= 0.6 is 0 Å². The van der Waals surface area contributed by atoms with Crippen LogP contribution in [-0.2, 0) is 0 Å². The number of hydrogen-bond acceptors (Lipinski definition) is 2. The van der Waals surface area contributed by atoms with E-state index in [1.807, 2.05) is 13.8 Å². The van der Waals surface area contributed by atoms with Crippen LogP contribution in [0, 0.1) is 0 Å². The van der Waals surface area contributed by atoms with Gasteiger partial charge in [-0.3, -0.25) is 4.99 Å². The van der Waals surface area contributed by atoms with Crippen molar-refractivity contribution in [1.82, 2.24) is 0 Å². The molecule has 10 heavy (non-hydrogen) atoms. The van der Waals surface area contributed by atoms with Crippen LogP contribution in [0.3, 0.4) is 0 Å². The molecule has 0 aliphatic carbocycles. The maximum absolute atomic E-state index is 5.22. The van der Waals surface area contributed by atoms with Crippen molar-refractivity contribution in [1.29, 1.82) is 0 Å². The van der Waals surface area contributed by atoms with E-state index < -0.39 is 0 Å². The van der Waals surface area contributed by atoms with Crippen LogP contribution in [0.25, 0.3) is 0 Å². The summed E-state index contributed by atoms with van der Waals surface area (Å²) in [6.45, 7) is 11.2. The number of nitrogens with zero attached hydrogens (tertiary/aromatic N) is 1. The summed E-state index contributed by atoms with van der Waals surface area (Å²) in [5.74, 6) is 0. The lowest BCUT2D eigenvalue weighted by Gasteiger charge is -1.88. The molecule has 0 heterocycles. The second-order valence-electron chi connectivity index (χ2n) is 1.26. The van der Waals surface area contributed by atoms with Gasteiger partial charge in [-0.1, -0.05) is 26.5 Å². The number of aliphatic imine (C=N–C) groups is 1. The number of rotatable bonds is 3. The highest BCUT2D eigenvalue weighted by Crippen LogP contribution is 1.89. The summed E-state index contributed by atoms with van der Waals surface area (Å²) >= 11 is 0. The fourth-order valence-corrected chi connectivity index (χ4v) is 0.321. The zero-order chi connectivity index (χ0) is 8.41. The van der Waals surface area contributed by atoms with Crippen LogP contribution in [0.5, 0.6) is 0 Å². The molecule has 0 fully saturated rings. The van der Waals surface area contributed by atoms with Crippen molar-refractivity contribution in [3.05, 3.63) is 24.4 Å². The monoisotopic (exact) mass is 142 g/mol. The first-order valence-electron chi connectivity index (χ1n) is 3.33. The minimum absolute atomic E-state index is 0. The predicted octanol–water partition coefficient (Wildman–Crippen LogP) is 1.99. The summed E-state index contributed by atoms with van der Waals surface area (Å²) < 4.78 is 0. The Morgan fingerprint density at radius 2 is 2.20 bits per heavy atom. The minimum atomic E-state index is 0. The van der Waals surface area contributed by atoms with Gasteiger partial charge in [0.1, 0.15) is 0 Å². The van der Waals surface area contributed by atoms with E-state index in [0.29, 0.717) is 6.54 Å². The van der Waals surface area contributed by atoms with E-state index in [1.54, 1.807) is 12.2 Å². The molecule has 0 radical (unpaired) electrons. The molecule has 0 saturated carbocycles. The fraction of sp³-hybridized carbons (Fsp3) is 0.375. The van der Waals surface area contributed by atoms with Crippen molar-refractivity contribution in [2.45, 2.75) is 13.8 Å². The molecule has 0 aromatic rings. The summed E-state index contributed by atoms with van der Waals surface area (Å²) in [7, 11) is 0. The second kappa shape index (κ2) is 11.0. The van der Waals surface area contributed by atoms with E-state index in [0.717, 1.165) is 5.70 Å². The summed E-state index contributed by atoms with van der Waals surface area (Å²) in [4.78, 5) is 3.61. The Kier molecular flexibility index (Phi) is 13.0. The van der Waals surface area contributed by atoms with Crippen LogP contribution in [-0.4, -0.2) is 13.3 Å². The number of hydrogen-bond donors (Lipinski definition) is 1. The Labute approximate surface area is 64.6 Å². The van der Waals surface area contributed by atoms with Crippen LogP contribution < -0.4 is 5.73 Å². The predicted molar refractivity (Wildman–Crippen MR) is 50.3 cm³/mol. The minimum Gasteiger partial charge on any atom is -0.325 e. The molecule has 0 bridgehead atoms. The van der Waals surface area contributed by atoms with E-state index in [4.69, 9.17) is 5.73 Å². The third-order valence-corrected chi connectivity index (χ3v) is 0.722. The highest BCUT2D eigenvalue weighted by Gasteiger charge is 1.80. The van der Waals surface area contributed by atoms with E-state index >= 15 is 0 Å². The van der Waals surface area contributed by atoms with Gasteiger partial charge < -0.3 is 5.73 Å². The van der Waals surface area contributed by atoms with Crippen molar-refractivity contribution < 1.29 is 1.43 Å². The van der Waals surface area contributed by atoms with Gasteiger partial charge in [-0.2, -0.15) is 0 Å². The van der Waals surface area contributed by atoms with Crippen molar-refractivity contribution in [2.75, 3.05) is 6.54 Å². The molecule has 0 rings (SSSR count). The maximum atomic E-state index is 5.22. The Morgan fingerprint density at radius 3 is 2.30 bits per heavy atom. The molecule has 0 aliphatic rings. The normalized spacial score (nSPS) is 9.30. The number of nitrogens with two attached hydrogens (primary N) is 1. The van der Waals surface area contributed by atoms with Crippen LogP contribution in [0.2, 0.25) is 0 Å². The molecule has 0 amide bonds. The summed E-state index contributed by atoms with van der Waals surface area (Å²) in [6.07, 6.45) is 3.36. The highest BCUT2D eigenvalue weighted by atomic mass is 14.7. The largest absolute Gasteiger partial charge is 0.325 e. The number of allylic oxidation sites excluding steroid dienone is 2. The topological polar surface area (TPSA) is 38.4 Å². The molecule has 0 spiro atoms. The second-order valence-corrected chi connectivity index (χ2v) is 1.26. The van der Waals surface area contributed by atoms with Gasteiger partial charge >= 0.3 is 0 Å². The van der Waals surface area contributed by atoms with Gasteiger partial charge in [0.05, 0.1) is 5.70 Å². The lowest BCUT2D eigenvalue weighted by molar-refractivity contribution is 1.11. The van der Waals surface area contributed by atoms with Gasteiger partial charge in [-0.05, 0) is 12.8 Å². The molecule has 60 valence electrons. The quantitative estimate of drug-likeness (QED) is 0.475. The average Bonchev–Trinajstić information content (AvgIpc) is 2.04. The van der Waals surface area contributed by atoms with E-state index in [-0.39, 0.29) is 1.43 Å². The fourth-order valence-electron chi connectivity index (χ4n) is 0.321. The van der Waals surface area contributed by atoms with Gasteiger partial charge in [0.2, 0.25) is 0 Å². The summed E-state index contributed by atoms with van der Waals surface area (Å²) in [6, 6.07) is 0. The van der Waals surface area contributed by atoms with Crippen LogP contribution in [0.1, 0.15) is 15.3 Å². The first-order chi connectivity index (χ1) is 4.85. The molecule has 0 aliphatic heterocycles. The first-order valence-corrected chi connectivity index (χ1v) is 3.33. The molecule has 2 nitrogen and oxygen atoms in total. The zero-order valence-electron chi connectivity index (χ0n) is 6.80. The zero-order valence-corrected chi connectivity index (χ0v) is 6.80. The molecular formula is C8H18N2. The van der Waals surface area contributed by atoms with Crippen LogP contribution in [0.15, 0.2) is 29.4 Å². The smallest absolute Gasteiger partial charge is 0.0532 e. The average molecular weight is 142 g/mol. The molecule has 0 atom stereocenters. The van der Waals surface area contributed by atoms with Gasteiger partial charge in [-0.25, -0.2) is 0 Å². The third-order valence-electron chi connectivity index (χ3n) is 0.722. The Balaban J connectivity index is -0.000000196. The summed E-state index contributed by atoms with van der Waals surface area (Å²) in [5.41, 5.74) is 5.98. The standard InChI is InChI=1S/C6H10N2.C2H6.H2/c1-3-4-6(5-7)8-2;1-2;/h3-4H,1-2,5,7H2;1-2H3;1H/b6-4-;;. The summed E-state index contributed by atoms with van der Waals surface area (Å²) in [5, 5.41) is 0. The van der Waals surface area contributed by atoms with Gasteiger partial charge in [-0.15, -0.1) is 0 Å². The van der Waals surface area contributed by atoms with E-state index in [2.05, 4.69) is 18.3 Å². The lowest BCUT2D eigenvalue weighted by Crippen LogP contribution is -1.99. The first kappa shape index (κ1) is 11.9.